The minimum atomic E-state index is -0.530. The molecule has 0 aromatic rings. The number of amides is 1. The van der Waals surface area contributed by atoms with Crippen molar-refractivity contribution >= 4 is 12.1 Å². The Morgan fingerprint density at radius 2 is 1.82 bits per heavy atom. The smallest absolute Gasteiger partial charge is 0.406 e. The lowest BCUT2D eigenvalue weighted by Gasteiger charge is -2.02. The van der Waals surface area contributed by atoms with Crippen molar-refractivity contribution in [1.29, 1.82) is 0 Å². The molecular weight excluding hydrogens is 150 g/mol. The highest BCUT2D eigenvalue weighted by molar-refractivity contribution is 5.67. The Morgan fingerprint density at radius 1 is 1.27 bits per heavy atom. The van der Waals surface area contributed by atoms with Crippen molar-refractivity contribution in [3.8, 4) is 0 Å². The zero-order valence-corrected chi connectivity index (χ0v) is 6.55. The maximum Gasteiger partial charge on any atom is 0.406 e. The zero-order valence-electron chi connectivity index (χ0n) is 6.55. The van der Waals surface area contributed by atoms with Gasteiger partial charge >= 0.3 is 12.1 Å². The van der Waals surface area contributed by atoms with E-state index in [0.29, 0.717) is 0 Å². The van der Waals surface area contributed by atoms with Crippen molar-refractivity contribution < 1.29 is 19.1 Å². The summed E-state index contributed by atoms with van der Waals surface area (Å²) < 4.78 is 9.01. The summed E-state index contributed by atoms with van der Waals surface area (Å²) in [6.45, 7) is 1.47. The van der Waals surface area contributed by atoms with E-state index in [2.05, 4.69) is 14.8 Å². The Bertz CT molecular complexity index is 146. The quantitative estimate of drug-likeness (QED) is 0.464. The molecule has 0 atom stereocenters. The van der Waals surface area contributed by atoms with Crippen LogP contribution in [0.1, 0.15) is 6.92 Å². The van der Waals surface area contributed by atoms with Crippen LogP contribution >= 0.6 is 0 Å². The normalized spacial score (nSPS) is 8.55. The maximum atomic E-state index is 10.4. The Hall–Kier alpha value is -1.26. The Morgan fingerprint density at radius 3 is 2.27 bits per heavy atom. The molecule has 0 aromatic carbocycles. The Kier molecular flexibility index (Phi) is 4.89. The van der Waals surface area contributed by atoms with Gasteiger partial charge in [0, 0.05) is 14.0 Å². The van der Waals surface area contributed by atoms with Crippen molar-refractivity contribution in [2.75, 3.05) is 20.3 Å². The fourth-order valence-electron chi connectivity index (χ4n) is 0.392. The van der Waals surface area contributed by atoms with E-state index in [1.54, 1.807) is 0 Å². The molecular formula is C6H11NO4. The highest BCUT2D eigenvalue weighted by Gasteiger charge is 1.97. The summed E-state index contributed by atoms with van der Waals surface area (Å²) in [7, 11) is 1.45. The molecule has 1 N–H and O–H groups in total. The number of hydrogen-bond acceptors (Lipinski definition) is 4. The summed E-state index contributed by atoms with van der Waals surface area (Å²) in [5.41, 5.74) is 0. The number of hydrogen-bond donors (Lipinski definition) is 1. The molecule has 5 heteroatoms. The van der Waals surface area contributed by atoms with Gasteiger partial charge in [0.05, 0.1) is 0 Å². The second-order valence-corrected chi connectivity index (χ2v) is 1.73. The van der Waals surface area contributed by atoms with Crippen LogP contribution in [0.3, 0.4) is 0 Å². The lowest BCUT2D eigenvalue weighted by atomic mass is 10.7. The van der Waals surface area contributed by atoms with E-state index in [4.69, 9.17) is 0 Å². The first-order valence-corrected chi connectivity index (χ1v) is 3.14. The predicted molar refractivity (Wildman–Crippen MR) is 37.0 cm³/mol. The third-order valence-electron chi connectivity index (χ3n) is 0.826. The number of nitrogens with one attached hydrogen (secondary N) is 1. The number of esters is 1. The van der Waals surface area contributed by atoms with Crippen molar-refractivity contribution in [3.63, 3.8) is 0 Å². The zero-order chi connectivity index (χ0) is 8.69. The first-order chi connectivity index (χ1) is 5.16. The standard InChI is InChI=1S/C6H11NO4/c1-5(8)10-3-4-11-6(9)7-2/h3-4H2,1-2H3,(H,7,9). The van der Waals surface area contributed by atoms with Crippen molar-refractivity contribution in [1.82, 2.24) is 5.32 Å². The van der Waals surface area contributed by atoms with Gasteiger partial charge in [-0.2, -0.15) is 0 Å². The fourth-order valence-corrected chi connectivity index (χ4v) is 0.392. The highest BCUT2D eigenvalue weighted by Crippen LogP contribution is 1.79. The van der Waals surface area contributed by atoms with Gasteiger partial charge < -0.3 is 14.8 Å². The van der Waals surface area contributed by atoms with Crippen LogP contribution in [0.2, 0.25) is 0 Å². The second-order valence-electron chi connectivity index (χ2n) is 1.73. The van der Waals surface area contributed by atoms with E-state index in [0.717, 1.165) is 0 Å². The number of carbonyl (C=O) groups is 2. The van der Waals surface area contributed by atoms with Crippen LogP contribution in [0.5, 0.6) is 0 Å². The lowest BCUT2D eigenvalue weighted by molar-refractivity contribution is -0.141. The van der Waals surface area contributed by atoms with E-state index in [-0.39, 0.29) is 19.2 Å². The van der Waals surface area contributed by atoms with E-state index in [9.17, 15) is 9.59 Å². The molecule has 11 heavy (non-hydrogen) atoms. The molecule has 0 heterocycles. The van der Waals surface area contributed by atoms with E-state index < -0.39 is 6.09 Å². The first kappa shape index (κ1) is 9.74. The van der Waals surface area contributed by atoms with Gasteiger partial charge in [0.15, 0.2) is 0 Å². The molecule has 0 spiro atoms. The molecule has 0 unspecified atom stereocenters. The highest BCUT2D eigenvalue weighted by atomic mass is 16.6. The molecule has 0 saturated carbocycles. The van der Waals surface area contributed by atoms with Gasteiger partial charge in [0.2, 0.25) is 0 Å². The van der Waals surface area contributed by atoms with E-state index >= 15 is 0 Å². The van der Waals surface area contributed by atoms with Crippen LogP contribution in [0.4, 0.5) is 4.79 Å². The molecule has 0 aliphatic carbocycles. The van der Waals surface area contributed by atoms with Gasteiger partial charge in [-0.05, 0) is 0 Å². The van der Waals surface area contributed by atoms with Gasteiger partial charge in [0.25, 0.3) is 0 Å². The maximum absolute atomic E-state index is 10.4. The van der Waals surface area contributed by atoms with Crippen molar-refractivity contribution in [3.05, 3.63) is 0 Å². The second kappa shape index (κ2) is 5.52. The van der Waals surface area contributed by atoms with Crippen molar-refractivity contribution in [2.24, 2.45) is 0 Å². The first-order valence-electron chi connectivity index (χ1n) is 3.14. The van der Waals surface area contributed by atoms with Gasteiger partial charge in [-0.15, -0.1) is 0 Å². The fraction of sp³-hybridized carbons (Fsp3) is 0.667. The monoisotopic (exact) mass is 161 g/mol. The SMILES string of the molecule is CNC(=O)OCCOC(C)=O. The van der Waals surface area contributed by atoms with Crippen LogP contribution in [-0.4, -0.2) is 32.3 Å². The minimum Gasteiger partial charge on any atom is -0.462 e. The molecule has 0 fully saturated rings. The number of alkyl carbamates (subject to hydrolysis) is 1. The molecule has 1 amide bonds. The van der Waals surface area contributed by atoms with Gasteiger partial charge in [-0.1, -0.05) is 0 Å². The molecule has 0 bridgehead atoms. The summed E-state index contributed by atoms with van der Waals surface area (Å²) in [6, 6.07) is 0. The van der Waals surface area contributed by atoms with Crippen LogP contribution in [0.15, 0.2) is 0 Å². The molecule has 64 valence electrons. The molecule has 0 aromatic heterocycles. The van der Waals surface area contributed by atoms with Gasteiger partial charge in [-0.3, -0.25) is 4.79 Å². The average molecular weight is 161 g/mol. The summed E-state index contributed by atoms with van der Waals surface area (Å²) in [5.74, 6) is -0.384. The topological polar surface area (TPSA) is 64.6 Å². The molecule has 0 rings (SSSR count). The molecule has 0 aliphatic rings. The minimum absolute atomic E-state index is 0.0826. The van der Waals surface area contributed by atoms with Crippen LogP contribution in [0.25, 0.3) is 0 Å². The van der Waals surface area contributed by atoms with Crippen molar-refractivity contribution in [2.45, 2.75) is 6.92 Å². The number of rotatable bonds is 3. The summed E-state index contributed by atoms with van der Waals surface area (Å²) in [6.07, 6.45) is -0.530. The summed E-state index contributed by atoms with van der Waals surface area (Å²) >= 11 is 0. The molecule has 0 saturated heterocycles. The molecule has 0 aliphatic heterocycles. The number of carbonyl (C=O) groups excluding carboxylic acids is 2. The predicted octanol–water partition coefficient (Wildman–Crippen LogP) is -0.0945. The summed E-state index contributed by atoms with van der Waals surface area (Å²) in [4.78, 5) is 20.6. The van der Waals surface area contributed by atoms with Crippen LogP contribution in [-0.2, 0) is 14.3 Å². The largest absolute Gasteiger partial charge is 0.462 e. The van der Waals surface area contributed by atoms with Crippen LogP contribution < -0.4 is 5.32 Å². The summed E-state index contributed by atoms with van der Waals surface area (Å²) in [5, 5.41) is 2.25. The third kappa shape index (κ3) is 6.63. The average Bonchev–Trinajstić information content (AvgIpc) is 1.97. The van der Waals surface area contributed by atoms with E-state index in [1.165, 1.54) is 14.0 Å². The third-order valence-corrected chi connectivity index (χ3v) is 0.826. The Labute approximate surface area is 64.7 Å². The lowest BCUT2D eigenvalue weighted by Crippen LogP contribution is -2.21. The Balaban J connectivity index is 3.14. The molecule has 5 nitrogen and oxygen atoms in total. The van der Waals surface area contributed by atoms with Gasteiger partial charge in [0.1, 0.15) is 13.2 Å². The molecule has 0 radical (unpaired) electrons. The number of ether oxygens (including phenoxy) is 2. The van der Waals surface area contributed by atoms with Crippen LogP contribution in [0, 0.1) is 0 Å². The van der Waals surface area contributed by atoms with E-state index in [1.807, 2.05) is 0 Å². The van der Waals surface area contributed by atoms with Gasteiger partial charge in [-0.25, -0.2) is 4.79 Å².